The maximum atomic E-state index is 4.17. The Morgan fingerprint density at radius 3 is 2.42 bits per heavy atom. The Hall–Kier alpha value is -1.64. The molecule has 12 heavy (non-hydrogen) atoms. The third kappa shape index (κ3) is 1.09. The van der Waals surface area contributed by atoms with Crippen molar-refractivity contribution in [2.45, 2.75) is 6.92 Å². The predicted octanol–water partition coefficient (Wildman–Crippen LogP) is 1.58. The summed E-state index contributed by atoms with van der Waals surface area (Å²) in [5, 5.41) is 4.17. The highest BCUT2D eigenvalue weighted by Crippen LogP contribution is 2.06. The minimum atomic E-state index is 1.05. The van der Waals surface area contributed by atoms with Gasteiger partial charge >= 0.3 is 0 Å². The number of nitrogens with zero attached hydrogens (tertiary/aromatic N) is 3. The highest BCUT2D eigenvalue weighted by molar-refractivity contribution is 5.29. The second kappa shape index (κ2) is 2.77. The lowest BCUT2D eigenvalue weighted by molar-refractivity contribution is 0.845. The molecule has 2 aromatic rings. The van der Waals surface area contributed by atoms with Gasteiger partial charge < -0.3 is 0 Å². The number of hydrogen-bond acceptors (Lipinski definition) is 2. The number of aromatic nitrogens is 3. The molecule has 0 unspecified atom stereocenters. The molecule has 0 saturated heterocycles. The van der Waals surface area contributed by atoms with Crippen LogP contribution in [0.5, 0.6) is 0 Å². The van der Waals surface area contributed by atoms with Gasteiger partial charge in [-0.15, -0.1) is 0 Å². The summed E-state index contributed by atoms with van der Waals surface area (Å²) in [5.74, 6) is 0. The van der Waals surface area contributed by atoms with Gasteiger partial charge in [-0.3, -0.25) is 4.98 Å². The molecule has 3 heteroatoms. The third-order valence-electron chi connectivity index (χ3n) is 1.74. The zero-order chi connectivity index (χ0) is 8.39. The molecule has 0 aliphatic carbocycles. The Labute approximate surface area is 70.7 Å². The van der Waals surface area contributed by atoms with E-state index in [0.29, 0.717) is 0 Å². The first kappa shape index (κ1) is 7.03. The van der Waals surface area contributed by atoms with Gasteiger partial charge in [0.05, 0.1) is 5.69 Å². The average molecular weight is 159 g/mol. The summed E-state index contributed by atoms with van der Waals surface area (Å²) in [6.07, 6.45) is 5.31. The first-order valence-corrected chi connectivity index (χ1v) is 3.79. The van der Waals surface area contributed by atoms with Gasteiger partial charge in [0, 0.05) is 24.3 Å². The summed E-state index contributed by atoms with van der Waals surface area (Å²) < 4.78 is 1.88. The molecule has 0 amide bonds. The number of pyridine rings is 1. The van der Waals surface area contributed by atoms with Gasteiger partial charge in [0.1, 0.15) is 0 Å². The fraction of sp³-hybridized carbons (Fsp3) is 0.111. The summed E-state index contributed by atoms with van der Waals surface area (Å²) >= 11 is 0. The summed E-state index contributed by atoms with van der Waals surface area (Å²) in [6, 6.07) is 5.83. The van der Waals surface area contributed by atoms with Gasteiger partial charge in [0.15, 0.2) is 0 Å². The van der Waals surface area contributed by atoms with Crippen molar-refractivity contribution in [2.24, 2.45) is 0 Å². The van der Waals surface area contributed by atoms with Crippen molar-refractivity contribution in [3.05, 3.63) is 42.5 Å². The minimum Gasteiger partial charge on any atom is -0.265 e. The van der Waals surface area contributed by atoms with Crippen LogP contribution in [0.1, 0.15) is 5.69 Å². The first-order valence-electron chi connectivity index (χ1n) is 3.79. The van der Waals surface area contributed by atoms with E-state index in [1.165, 1.54) is 0 Å². The number of aryl methyl sites for hydroxylation is 1. The van der Waals surface area contributed by atoms with Crippen molar-refractivity contribution >= 4 is 0 Å². The molecule has 0 N–H and O–H groups in total. The largest absolute Gasteiger partial charge is 0.265 e. The van der Waals surface area contributed by atoms with E-state index in [0.717, 1.165) is 11.4 Å². The summed E-state index contributed by atoms with van der Waals surface area (Å²) in [4.78, 5) is 3.94. The standard InChI is InChI=1S/C9H9N3/c1-8-2-7-11-12(8)9-3-5-10-6-4-9/h2-7H,1H3. The van der Waals surface area contributed by atoms with E-state index < -0.39 is 0 Å². The molecule has 0 aromatic carbocycles. The van der Waals surface area contributed by atoms with Crippen LogP contribution in [0.25, 0.3) is 5.69 Å². The molecule has 2 rings (SSSR count). The molecule has 2 aromatic heterocycles. The van der Waals surface area contributed by atoms with Crippen molar-refractivity contribution in [1.82, 2.24) is 14.8 Å². The van der Waals surface area contributed by atoms with Crippen LogP contribution in [0.3, 0.4) is 0 Å². The Kier molecular flexibility index (Phi) is 1.63. The van der Waals surface area contributed by atoms with Crippen molar-refractivity contribution in [3.8, 4) is 5.69 Å². The van der Waals surface area contributed by atoms with E-state index in [-0.39, 0.29) is 0 Å². The lowest BCUT2D eigenvalue weighted by Crippen LogP contribution is -1.97. The first-order chi connectivity index (χ1) is 5.88. The van der Waals surface area contributed by atoms with Crippen molar-refractivity contribution in [3.63, 3.8) is 0 Å². The molecule has 0 bridgehead atoms. The van der Waals surface area contributed by atoms with Crippen LogP contribution in [0, 0.1) is 6.92 Å². The fourth-order valence-electron chi connectivity index (χ4n) is 1.13. The van der Waals surface area contributed by atoms with Gasteiger partial charge in [-0.25, -0.2) is 4.68 Å². The minimum absolute atomic E-state index is 1.05. The molecule has 0 aliphatic heterocycles. The Morgan fingerprint density at radius 1 is 1.08 bits per heavy atom. The maximum Gasteiger partial charge on any atom is 0.0679 e. The van der Waals surface area contributed by atoms with E-state index in [2.05, 4.69) is 10.1 Å². The third-order valence-corrected chi connectivity index (χ3v) is 1.74. The fourth-order valence-corrected chi connectivity index (χ4v) is 1.13. The molecule has 0 aliphatic rings. The Bertz CT molecular complexity index is 364. The Morgan fingerprint density at radius 2 is 1.83 bits per heavy atom. The second-order valence-electron chi connectivity index (χ2n) is 2.59. The van der Waals surface area contributed by atoms with Crippen molar-refractivity contribution in [1.29, 1.82) is 0 Å². The van der Waals surface area contributed by atoms with Gasteiger partial charge in [-0.05, 0) is 25.1 Å². The van der Waals surface area contributed by atoms with Gasteiger partial charge in [-0.1, -0.05) is 0 Å². The van der Waals surface area contributed by atoms with E-state index in [9.17, 15) is 0 Å². The zero-order valence-corrected chi connectivity index (χ0v) is 6.81. The van der Waals surface area contributed by atoms with Gasteiger partial charge in [-0.2, -0.15) is 5.10 Å². The normalized spacial score (nSPS) is 10.1. The quantitative estimate of drug-likeness (QED) is 0.632. The van der Waals surface area contributed by atoms with Crippen LogP contribution in [-0.4, -0.2) is 14.8 Å². The lowest BCUT2D eigenvalue weighted by atomic mass is 10.4. The van der Waals surface area contributed by atoms with E-state index >= 15 is 0 Å². The van der Waals surface area contributed by atoms with Crippen LogP contribution in [0.15, 0.2) is 36.8 Å². The average Bonchev–Trinajstić information content (AvgIpc) is 2.53. The predicted molar refractivity (Wildman–Crippen MR) is 46.1 cm³/mol. The molecular weight excluding hydrogens is 150 g/mol. The summed E-state index contributed by atoms with van der Waals surface area (Å²) in [5.41, 5.74) is 2.17. The maximum absolute atomic E-state index is 4.17. The van der Waals surface area contributed by atoms with Crippen molar-refractivity contribution in [2.75, 3.05) is 0 Å². The van der Waals surface area contributed by atoms with Crippen molar-refractivity contribution < 1.29 is 0 Å². The van der Waals surface area contributed by atoms with Crippen LogP contribution in [-0.2, 0) is 0 Å². The number of rotatable bonds is 1. The molecule has 0 atom stereocenters. The molecule has 2 heterocycles. The molecule has 3 nitrogen and oxygen atoms in total. The van der Waals surface area contributed by atoms with Gasteiger partial charge in [0.2, 0.25) is 0 Å². The molecule has 0 saturated carbocycles. The summed E-state index contributed by atoms with van der Waals surface area (Å²) in [7, 11) is 0. The van der Waals surface area contributed by atoms with Crippen LogP contribution < -0.4 is 0 Å². The SMILES string of the molecule is Cc1ccnn1-c1ccncc1. The molecule has 0 radical (unpaired) electrons. The molecule has 60 valence electrons. The second-order valence-corrected chi connectivity index (χ2v) is 2.59. The van der Waals surface area contributed by atoms with Crippen LogP contribution >= 0.6 is 0 Å². The zero-order valence-electron chi connectivity index (χ0n) is 6.81. The van der Waals surface area contributed by atoms with E-state index in [1.807, 2.05) is 29.8 Å². The van der Waals surface area contributed by atoms with Crippen LogP contribution in [0.4, 0.5) is 0 Å². The molecular formula is C9H9N3. The molecule has 0 spiro atoms. The highest BCUT2D eigenvalue weighted by Gasteiger charge is 1.97. The Balaban J connectivity index is 2.51. The highest BCUT2D eigenvalue weighted by atomic mass is 15.3. The smallest absolute Gasteiger partial charge is 0.0679 e. The van der Waals surface area contributed by atoms with E-state index in [1.54, 1.807) is 18.6 Å². The lowest BCUT2D eigenvalue weighted by Gasteiger charge is -2.01. The molecule has 0 fully saturated rings. The topological polar surface area (TPSA) is 30.7 Å². The monoisotopic (exact) mass is 159 g/mol. The summed E-state index contributed by atoms with van der Waals surface area (Å²) in [6.45, 7) is 2.02. The van der Waals surface area contributed by atoms with E-state index in [4.69, 9.17) is 0 Å². The number of hydrogen-bond donors (Lipinski definition) is 0. The van der Waals surface area contributed by atoms with Crippen LogP contribution in [0.2, 0.25) is 0 Å². The van der Waals surface area contributed by atoms with Gasteiger partial charge in [0.25, 0.3) is 0 Å².